The summed E-state index contributed by atoms with van der Waals surface area (Å²) in [6.45, 7) is 0. The Morgan fingerprint density at radius 1 is 1.12 bits per heavy atom. The molecule has 1 amide bonds. The van der Waals surface area contributed by atoms with Crippen molar-refractivity contribution < 1.29 is 22.4 Å². The third kappa shape index (κ3) is 5.65. The molecule has 3 nitrogen and oxygen atoms in total. The lowest BCUT2D eigenvalue weighted by Gasteiger charge is -2.06. The maximum Gasteiger partial charge on any atom is 0.446 e. The average molecular weight is 366 g/mol. The Labute approximate surface area is 145 Å². The topological polar surface area (TPSA) is 52.9 Å². The van der Waals surface area contributed by atoms with E-state index < -0.39 is 17.2 Å². The van der Waals surface area contributed by atoms with E-state index in [9.17, 15) is 22.4 Å². The van der Waals surface area contributed by atoms with Crippen LogP contribution in [0.15, 0.2) is 59.0 Å². The standard InChI is InChI=1S/C17H10F4N2OS/c18-14-3-1-2-4-15(14)23-16(24)12(10-22)9-11-5-7-13(8-6-11)25-17(19,20)21/h1-9H,(H,23,24)/b12-9+. The molecule has 25 heavy (non-hydrogen) atoms. The Morgan fingerprint density at radius 3 is 2.32 bits per heavy atom. The second kappa shape index (κ2) is 7.85. The highest BCUT2D eigenvalue weighted by Crippen LogP contribution is 2.36. The number of benzene rings is 2. The van der Waals surface area contributed by atoms with Crippen LogP contribution in [0.5, 0.6) is 0 Å². The highest BCUT2D eigenvalue weighted by atomic mass is 32.2. The summed E-state index contributed by atoms with van der Waals surface area (Å²) in [6.07, 6.45) is 1.21. The van der Waals surface area contributed by atoms with Crippen LogP contribution in [-0.2, 0) is 4.79 Å². The van der Waals surface area contributed by atoms with Crippen LogP contribution in [0.2, 0.25) is 0 Å². The average Bonchev–Trinajstić information content (AvgIpc) is 2.54. The van der Waals surface area contributed by atoms with Gasteiger partial charge in [0.2, 0.25) is 0 Å². The molecule has 0 spiro atoms. The van der Waals surface area contributed by atoms with Gasteiger partial charge in [-0.05, 0) is 47.7 Å². The lowest BCUT2D eigenvalue weighted by atomic mass is 10.1. The summed E-state index contributed by atoms with van der Waals surface area (Å²) in [7, 11) is 0. The molecular weight excluding hydrogens is 356 g/mol. The number of para-hydroxylation sites is 1. The molecule has 2 aromatic carbocycles. The van der Waals surface area contributed by atoms with E-state index >= 15 is 0 Å². The van der Waals surface area contributed by atoms with Crippen molar-refractivity contribution in [1.82, 2.24) is 0 Å². The number of nitrogens with zero attached hydrogens (tertiary/aromatic N) is 1. The molecule has 2 rings (SSSR count). The third-order valence-electron chi connectivity index (χ3n) is 2.91. The molecule has 0 aliphatic heterocycles. The van der Waals surface area contributed by atoms with Gasteiger partial charge in [0, 0.05) is 4.90 Å². The second-order valence-corrected chi connectivity index (χ2v) is 5.86. The van der Waals surface area contributed by atoms with Crippen molar-refractivity contribution in [2.75, 3.05) is 5.32 Å². The normalized spacial score (nSPS) is 11.7. The lowest BCUT2D eigenvalue weighted by molar-refractivity contribution is -0.112. The number of thioether (sulfide) groups is 1. The van der Waals surface area contributed by atoms with Crippen LogP contribution in [-0.4, -0.2) is 11.4 Å². The minimum absolute atomic E-state index is 0.0148. The molecule has 0 heterocycles. The Morgan fingerprint density at radius 2 is 1.76 bits per heavy atom. The number of nitrogens with one attached hydrogen (secondary N) is 1. The minimum Gasteiger partial charge on any atom is -0.319 e. The van der Waals surface area contributed by atoms with Crippen molar-refractivity contribution in [3.05, 3.63) is 65.5 Å². The summed E-state index contributed by atoms with van der Waals surface area (Å²) in [5, 5.41) is 11.4. The molecule has 8 heteroatoms. The summed E-state index contributed by atoms with van der Waals surface area (Å²) < 4.78 is 50.3. The Hall–Kier alpha value is -2.79. The molecule has 0 saturated carbocycles. The number of carbonyl (C=O) groups is 1. The first-order valence-corrected chi connectivity index (χ1v) is 7.63. The fourth-order valence-corrected chi connectivity index (χ4v) is 2.37. The first kappa shape index (κ1) is 18.5. The maximum atomic E-state index is 13.5. The molecule has 128 valence electrons. The van der Waals surface area contributed by atoms with E-state index in [0.717, 1.165) is 6.07 Å². The highest BCUT2D eigenvalue weighted by Gasteiger charge is 2.28. The minimum atomic E-state index is -4.39. The van der Waals surface area contributed by atoms with E-state index in [4.69, 9.17) is 5.26 Å². The second-order valence-electron chi connectivity index (χ2n) is 4.72. The molecule has 0 aliphatic rings. The summed E-state index contributed by atoms with van der Waals surface area (Å²) >= 11 is -0.263. The molecule has 0 atom stereocenters. The largest absolute Gasteiger partial charge is 0.446 e. The predicted octanol–water partition coefficient (Wildman–Crippen LogP) is 4.98. The fraction of sp³-hybridized carbons (Fsp3) is 0.0588. The van der Waals surface area contributed by atoms with Crippen LogP contribution in [0.3, 0.4) is 0 Å². The molecule has 0 aliphatic carbocycles. The molecule has 0 aromatic heterocycles. The molecular formula is C17H10F4N2OS. The maximum absolute atomic E-state index is 13.5. The number of amides is 1. The van der Waals surface area contributed by atoms with Crippen LogP contribution in [0.25, 0.3) is 6.08 Å². The third-order valence-corrected chi connectivity index (χ3v) is 3.65. The van der Waals surface area contributed by atoms with E-state index in [0.29, 0.717) is 5.56 Å². The summed E-state index contributed by atoms with van der Waals surface area (Å²) in [5.41, 5.74) is -4.41. The van der Waals surface area contributed by atoms with Gasteiger partial charge in [0.15, 0.2) is 0 Å². The molecule has 0 radical (unpaired) electrons. The molecule has 2 aromatic rings. The SMILES string of the molecule is N#C/C(=C\c1ccc(SC(F)(F)F)cc1)C(=O)Nc1ccccc1F. The predicted molar refractivity (Wildman–Crippen MR) is 87.0 cm³/mol. The van der Waals surface area contributed by atoms with Gasteiger partial charge < -0.3 is 5.32 Å². The zero-order chi connectivity index (χ0) is 18.4. The monoisotopic (exact) mass is 366 g/mol. The molecule has 0 fully saturated rings. The van der Waals surface area contributed by atoms with Gasteiger partial charge in [0.25, 0.3) is 5.91 Å². The zero-order valence-electron chi connectivity index (χ0n) is 12.5. The van der Waals surface area contributed by atoms with Crippen molar-refractivity contribution in [2.45, 2.75) is 10.4 Å². The fourth-order valence-electron chi connectivity index (χ4n) is 1.83. The zero-order valence-corrected chi connectivity index (χ0v) is 13.3. The quantitative estimate of drug-likeness (QED) is 0.359. The Kier molecular flexibility index (Phi) is 5.83. The van der Waals surface area contributed by atoms with E-state index in [1.54, 1.807) is 6.07 Å². The van der Waals surface area contributed by atoms with Crippen LogP contribution in [0.4, 0.5) is 23.2 Å². The van der Waals surface area contributed by atoms with Crippen LogP contribution >= 0.6 is 11.8 Å². The number of carbonyl (C=O) groups excluding carboxylic acids is 1. The van der Waals surface area contributed by atoms with Crippen molar-refractivity contribution in [2.24, 2.45) is 0 Å². The molecule has 0 saturated heterocycles. The van der Waals surface area contributed by atoms with Gasteiger partial charge in [-0.3, -0.25) is 4.79 Å². The van der Waals surface area contributed by atoms with E-state index in [-0.39, 0.29) is 27.9 Å². The Balaban J connectivity index is 2.15. The van der Waals surface area contributed by atoms with Crippen LogP contribution in [0, 0.1) is 17.1 Å². The smallest absolute Gasteiger partial charge is 0.319 e. The number of rotatable bonds is 4. The van der Waals surface area contributed by atoms with Crippen LogP contribution < -0.4 is 5.32 Å². The van der Waals surface area contributed by atoms with Gasteiger partial charge in [-0.1, -0.05) is 24.3 Å². The van der Waals surface area contributed by atoms with E-state index in [1.165, 1.54) is 48.5 Å². The number of anilines is 1. The first-order chi connectivity index (χ1) is 11.8. The number of hydrogen-bond donors (Lipinski definition) is 1. The van der Waals surface area contributed by atoms with Gasteiger partial charge in [0.05, 0.1) is 5.69 Å². The summed E-state index contributed by atoms with van der Waals surface area (Å²) in [6, 6.07) is 12.3. The number of halogens is 4. The Bertz CT molecular complexity index is 839. The van der Waals surface area contributed by atoms with Gasteiger partial charge in [-0.2, -0.15) is 18.4 Å². The number of nitriles is 1. The van der Waals surface area contributed by atoms with Crippen molar-refractivity contribution in [3.63, 3.8) is 0 Å². The van der Waals surface area contributed by atoms with Gasteiger partial charge in [0.1, 0.15) is 17.5 Å². The number of alkyl halides is 3. The van der Waals surface area contributed by atoms with Gasteiger partial charge in [-0.25, -0.2) is 4.39 Å². The number of hydrogen-bond acceptors (Lipinski definition) is 3. The van der Waals surface area contributed by atoms with Crippen LogP contribution in [0.1, 0.15) is 5.56 Å². The van der Waals surface area contributed by atoms with E-state index in [2.05, 4.69) is 5.32 Å². The lowest BCUT2D eigenvalue weighted by Crippen LogP contribution is -2.14. The highest BCUT2D eigenvalue weighted by molar-refractivity contribution is 8.00. The van der Waals surface area contributed by atoms with Crippen molar-refractivity contribution in [3.8, 4) is 6.07 Å². The molecule has 0 bridgehead atoms. The van der Waals surface area contributed by atoms with Crippen molar-refractivity contribution in [1.29, 1.82) is 5.26 Å². The molecule has 1 N–H and O–H groups in total. The van der Waals surface area contributed by atoms with Gasteiger partial charge in [-0.15, -0.1) is 0 Å². The summed E-state index contributed by atoms with van der Waals surface area (Å²) in [5.74, 6) is -1.47. The molecule has 0 unspecified atom stereocenters. The van der Waals surface area contributed by atoms with E-state index in [1.807, 2.05) is 0 Å². The van der Waals surface area contributed by atoms with Gasteiger partial charge >= 0.3 is 5.51 Å². The summed E-state index contributed by atoms with van der Waals surface area (Å²) in [4.78, 5) is 12.0. The van der Waals surface area contributed by atoms with Crippen molar-refractivity contribution >= 4 is 29.4 Å². The first-order valence-electron chi connectivity index (χ1n) is 6.82.